The van der Waals surface area contributed by atoms with Gasteiger partial charge in [-0.1, -0.05) is 6.07 Å². The van der Waals surface area contributed by atoms with Crippen molar-refractivity contribution in [3.63, 3.8) is 0 Å². The van der Waals surface area contributed by atoms with Gasteiger partial charge in [-0.25, -0.2) is 9.37 Å². The van der Waals surface area contributed by atoms with Gasteiger partial charge in [0.1, 0.15) is 11.3 Å². The molecular formula is C15H20FN3O. The van der Waals surface area contributed by atoms with Crippen LogP contribution in [0.1, 0.15) is 38.2 Å². The maximum atomic E-state index is 14.0. The Labute approximate surface area is 117 Å². The summed E-state index contributed by atoms with van der Waals surface area (Å²) in [5, 5.41) is 3.42. The number of para-hydroxylation sites is 1. The third-order valence-corrected chi connectivity index (χ3v) is 3.95. The monoisotopic (exact) mass is 277 g/mol. The van der Waals surface area contributed by atoms with Crippen LogP contribution in [0.25, 0.3) is 11.0 Å². The van der Waals surface area contributed by atoms with Crippen molar-refractivity contribution in [2.75, 3.05) is 13.7 Å². The van der Waals surface area contributed by atoms with Crippen LogP contribution in [-0.2, 0) is 4.74 Å². The topological polar surface area (TPSA) is 39.1 Å². The number of hydrogen-bond donors (Lipinski definition) is 1. The normalized spacial score (nSPS) is 23.1. The van der Waals surface area contributed by atoms with Gasteiger partial charge in [-0.15, -0.1) is 0 Å². The molecule has 20 heavy (non-hydrogen) atoms. The van der Waals surface area contributed by atoms with Crippen molar-refractivity contribution >= 4 is 11.0 Å². The molecule has 0 bridgehead atoms. The number of fused-ring (bicyclic) bond motifs is 1. The number of imidazole rings is 1. The van der Waals surface area contributed by atoms with E-state index in [2.05, 4.69) is 28.7 Å². The van der Waals surface area contributed by atoms with Crippen LogP contribution in [0, 0.1) is 5.82 Å². The van der Waals surface area contributed by atoms with Gasteiger partial charge in [0.25, 0.3) is 0 Å². The molecule has 1 aromatic heterocycles. The van der Waals surface area contributed by atoms with Crippen LogP contribution in [0.5, 0.6) is 0 Å². The SMILES string of the molecule is COC1CNC(c2nc3c(F)cccc3n2C(C)C)C1. The van der Waals surface area contributed by atoms with Gasteiger partial charge >= 0.3 is 0 Å². The first kappa shape index (κ1) is 13.5. The van der Waals surface area contributed by atoms with E-state index >= 15 is 0 Å². The second kappa shape index (κ2) is 5.14. The molecule has 5 heteroatoms. The lowest BCUT2D eigenvalue weighted by Gasteiger charge is -2.17. The molecule has 0 aliphatic carbocycles. The Balaban J connectivity index is 2.10. The Morgan fingerprint density at radius 3 is 2.90 bits per heavy atom. The number of nitrogens with one attached hydrogen (secondary N) is 1. The standard InChI is InChI=1S/C15H20FN3O/c1-9(2)19-13-6-4-5-11(16)14(13)18-15(19)12-7-10(20-3)8-17-12/h4-6,9-10,12,17H,7-8H2,1-3H3. The molecule has 1 aromatic carbocycles. The molecule has 0 amide bonds. The molecule has 2 unspecified atom stereocenters. The van der Waals surface area contributed by atoms with Crippen molar-refractivity contribution < 1.29 is 9.13 Å². The van der Waals surface area contributed by atoms with E-state index in [0.29, 0.717) is 5.52 Å². The second-order valence-electron chi connectivity index (χ2n) is 5.60. The highest BCUT2D eigenvalue weighted by atomic mass is 19.1. The molecule has 4 nitrogen and oxygen atoms in total. The van der Waals surface area contributed by atoms with Crippen molar-refractivity contribution in [3.8, 4) is 0 Å². The van der Waals surface area contributed by atoms with Crippen LogP contribution in [0.2, 0.25) is 0 Å². The number of rotatable bonds is 3. The van der Waals surface area contributed by atoms with Crippen LogP contribution in [-0.4, -0.2) is 29.3 Å². The predicted octanol–water partition coefficient (Wildman–Crippen LogP) is 2.81. The summed E-state index contributed by atoms with van der Waals surface area (Å²) in [4.78, 5) is 4.55. The summed E-state index contributed by atoms with van der Waals surface area (Å²) in [6.45, 7) is 5.00. The zero-order valence-corrected chi connectivity index (χ0v) is 12.1. The maximum absolute atomic E-state index is 14.0. The molecule has 1 saturated heterocycles. The Bertz CT molecular complexity index is 623. The third-order valence-electron chi connectivity index (χ3n) is 3.95. The Morgan fingerprint density at radius 1 is 1.45 bits per heavy atom. The molecule has 0 saturated carbocycles. The lowest BCUT2D eigenvalue weighted by atomic mass is 10.2. The summed E-state index contributed by atoms with van der Waals surface area (Å²) in [5.41, 5.74) is 1.32. The van der Waals surface area contributed by atoms with Crippen molar-refractivity contribution in [1.29, 1.82) is 0 Å². The van der Waals surface area contributed by atoms with E-state index in [9.17, 15) is 4.39 Å². The molecule has 1 fully saturated rings. The molecule has 1 aliphatic rings. The second-order valence-corrected chi connectivity index (χ2v) is 5.60. The first-order chi connectivity index (χ1) is 9.61. The summed E-state index contributed by atoms with van der Waals surface area (Å²) >= 11 is 0. The summed E-state index contributed by atoms with van der Waals surface area (Å²) in [5.74, 6) is 0.643. The minimum absolute atomic E-state index is 0.120. The molecule has 2 atom stereocenters. The Hall–Kier alpha value is -1.46. The van der Waals surface area contributed by atoms with E-state index < -0.39 is 0 Å². The summed E-state index contributed by atoms with van der Waals surface area (Å²) in [7, 11) is 1.72. The average Bonchev–Trinajstić information content (AvgIpc) is 3.02. The fourth-order valence-electron chi connectivity index (χ4n) is 2.97. The zero-order valence-electron chi connectivity index (χ0n) is 12.1. The quantitative estimate of drug-likeness (QED) is 0.937. The van der Waals surface area contributed by atoms with Crippen LogP contribution >= 0.6 is 0 Å². The molecule has 3 rings (SSSR count). The minimum atomic E-state index is -0.260. The summed E-state index contributed by atoms with van der Waals surface area (Å²) < 4.78 is 21.5. The van der Waals surface area contributed by atoms with Gasteiger partial charge in [-0.3, -0.25) is 0 Å². The van der Waals surface area contributed by atoms with Gasteiger partial charge in [0.15, 0.2) is 5.82 Å². The Morgan fingerprint density at radius 2 is 2.25 bits per heavy atom. The molecule has 1 N–H and O–H groups in total. The third kappa shape index (κ3) is 2.11. The van der Waals surface area contributed by atoms with Gasteiger partial charge in [-0.05, 0) is 32.4 Å². The van der Waals surface area contributed by atoms with E-state index in [1.54, 1.807) is 13.2 Å². The first-order valence-corrected chi connectivity index (χ1v) is 7.04. The highest BCUT2D eigenvalue weighted by molar-refractivity contribution is 5.77. The Kier molecular flexibility index (Phi) is 3.48. The molecule has 2 heterocycles. The largest absolute Gasteiger partial charge is 0.380 e. The van der Waals surface area contributed by atoms with E-state index in [-0.39, 0.29) is 24.0 Å². The molecule has 1 aliphatic heterocycles. The lowest BCUT2D eigenvalue weighted by Crippen LogP contribution is -2.19. The number of nitrogens with zero attached hydrogens (tertiary/aromatic N) is 2. The van der Waals surface area contributed by atoms with E-state index in [0.717, 1.165) is 24.3 Å². The molecule has 108 valence electrons. The highest BCUT2D eigenvalue weighted by Gasteiger charge is 2.30. The van der Waals surface area contributed by atoms with Gasteiger partial charge in [-0.2, -0.15) is 0 Å². The number of ether oxygens (including phenoxy) is 1. The lowest BCUT2D eigenvalue weighted by molar-refractivity contribution is 0.117. The molecule has 0 spiro atoms. The molecular weight excluding hydrogens is 257 g/mol. The molecule has 2 aromatic rings. The fourth-order valence-corrected chi connectivity index (χ4v) is 2.97. The van der Waals surface area contributed by atoms with Gasteiger partial charge in [0.2, 0.25) is 0 Å². The van der Waals surface area contributed by atoms with Crippen LogP contribution < -0.4 is 5.32 Å². The number of methoxy groups -OCH3 is 1. The van der Waals surface area contributed by atoms with Crippen molar-refractivity contribution in [3.05, 3.63) is 29.8 Å². The van der Waals surface area contributed by atoms with Crippen molar-refractivity contribution in [1.82, 2.24) is 14.9 Å². The number of hydrogen-bond acceptors (Lipinski definition) is 3. The van der Waals surface area contributed by atoms with Crippen molar-refractivity contribution in [2.45, 2.75) is 38.5 Å². The van der Waals surface area contributed by atoms with Gasteiger partial charge < -0.3 is 14.6 Å². The van der Waals surface area contributed by atoms with E-state index in [1.165, 1.54) is 6.07 Å². The fraction of sp³-hybridized carbons (Fsp3) is 0.533. The summed E-state index contributed by atoms with van der Waals surface area (Å²) in [6.07, 6.45) is 1.07. The summed E-state index contributed by atoms with van der Waals surface area (Å²) in [6, 6.07) is 5.48. The maximum Gasteiger partial charge on any atom is 0.151 e. The zero-order chi connectivity index (χ0) is 14.3. The van der Waals surface area contributed by atoms with Crippen molar-refractivity contribution in [2.24, 2.45) is 0 Å². The predicted molar refractivity (Wildman–Crippen MR) is 76.2 cm³/mol. The molecule has 0 radical (unpaired) electrons. The number of aromatic nitrogens is 2. The number of benzene rings is 1. The number of halogens is 1. The van der Waals surface area contributed by atoms with E-state index in [4.69, 9.17) is 4.74 Å². The first-order valence-electron chi connectivity index (χ1n) is 7.04. The van der Waals surface area contributed by atoms with Crippen LogP contribution in [0.3, 0.4) is 0 Å². The minimum Gasteiger partial charge on any atom is -0.380 e. The van der Waals surface area contributed by atoms with Crippen LogP contribution in [0.4, 0.5) is 4.39 Å². The average molecular weight is 277 g/mol. The van der Waals surface area contributed by atoms with Crippen LogP contribution in [0.15, 0.2) is 18.2 Å². The van der Waals surface area contributed by atoms with Gasteiger partial charge in [0, 0.05) is 19.7 Å². The van der Waals surface area contributed by atoms with E-state index in [1.807, 2.05) is 6.07 Å². The smallest absolute Gasteiger partial charge is 0.151 e. The van der Waals surface area contributed by atoms with Gasteiger partial charge in [0.05, 0.1) is 17.7 Å². The highest BCUT2D eigenvalue weighted by Crippen LogP contribution is 2.30.